The molecule has 1 saturated carbocycles. The third-order valence-electron chi connectivity index (χ3n) is 2.90. The van der Waals surface area contributed by atoms with Crippen LogP contribution >= 0.6 is 0 Å². The van der Waals surface area contributed by atoms with Crippen LogP contribution in [0.1, 0.15) is 23.2 Å². The Balaban J connectivity index is 2.19. The molecule has 0 saturated heterocycles. The summed E-state index contributed by atoms with van der Waals surface area (Å²) >= 11 is 0. The number of hydrogen-bond acceptors (Lipinski definition) is 6. The third-order valence-corrected chi connectivity index (χ3v) is 2.90. The Morgan fingerprint density at radius 2 is 2.05 bits per heavy atom. The van der Waals surface area contributed by atoms with E-state index in [1.54, 1.807) is 0 Å². The van der Waals surface area contributed by atoms with Crippen molar-refractivity contribution >= 4 is 17.6 Å². The van der Waals surface area contributed by atoms with Crippen molar-refractivity contribution in [2.24, 2.45) is 13.0 Å². The molecule has 1 heterocycles. The molecule has 1 aromatic heterocycles. The minimum Gasteiger partial charge on any atom is -0.457 e. The maximum Gasteiger partial charge on any atom is 0.329 e. The first-order valence-electron chi connectivity index (χ1n) is 5.70. The van der Waals surface area contributed by atoms with Crippen molar-refractivity contribution < 1.29 is 14.3 Å². The first-order valence-corrected chi connectivity index (χ1v) is 5.70. The fraction of sp³-hybridized carbons (Fsp3) is 0.455. The van der Waals surface area contributed by atoms with Crippen LogP contribution in [0.2, 0.25) is 0 Å². The van der Waals surface area contributed by atoms with Crippen molar-refractivity contribution in [1.29, 1.82) is 0 Å². The minimum absolute atomic E-state index is 0.136. The highest BCUT2D eigenvalue weighted by Gasteiger charge is 2.32. The number of carbonyl (C=O) groups is 2. The number of nitrogen functional groups attached to an aromatic ring is 1. The lowest BCUT2D eigenvalue weighted by Crippen LogP contribution is -2.35. The molecule has 0 aliphatic heterocycles. The number of H-pyrrole nitrogens is 1. The normalized spacial score (nSPS) is 14.2. The van der Waals surface area contributed by atoms with Crippen LogP contribution in [-0.4, -0.2) is 27.9 Å². The third kappa shape index (κ3) is 2.56. The Morgan fingerprint density at radius 1 is 1.42 bits per heavy atom. The van der Waals surface area contributed by atoms with Gasteiger partial charge in [-0.25, -0.2) is 4.79 Å². The predicted octanol–water partition coefficient (Wildman–Crippen LogP) is -1.21. The molecule has 2 rings (SSSR count). The Labute approximate surface area is 107 Å². The topological polar surface area (TPSA) is 124 Å². The summed E-state index contributed by atoms with van der Waals surface area (Å²) < 4.78 is 5.72. The lowest BCUT2D eigenvalue weighted by atomic mass is 10.2. The average Bonchev–Trinajstić information content (AvgIpc) is 3.17. The monoisotopic (exact) mass is 267 g/mol. The first-order chi connectivity index (χ1) is 8.91. The molecule has 1 aliphatic carbocycles. The first kappa shape index (κ1) is 13.1. The van der Waals surface area contributed by atoms with E-state index in [0.717, 1.165) is 17.4 Å². The van der Waals surface area contributed by atoms with Crippen molar-refractivity contribution in [2.75, 3.05) is 12.3 Å². The van der Waals surface area contributed by atoms with Gasteiger partial charge in [-0.05, 0) is 12.8 Å². The van der Waals surface area contributed by atoms with Crippen LogP contribution in [0.15, 0.2) is 9.59 Å². The van der Waals surface area contributed by atoms with Gasteiger partial charge in [0.05, 0.1) is 5.92 Å². The van der Waals surface area contributed by atoms with Gasteiger partial charge >= 0.3 is 11.7 Å². The standard InChI is InChI=1S/C11H13N3O5/c1-14-8(12)7(9(16)13-11(14)18)6(15)4-19-10(17)5-2-3-5/h5H,2-4,12H2,1H3,(H,13,16,18). The number of ketones is 1. The second-order valence-corrected chi connectivity index (χ2v) is 4.38. The average molecular weight is 267 g/mol. The van der Waals surface area contributed by atoms with E-state index < -0.39 is 29.6 Å². The molecule has 8 heteroatoms. The number of aromatic amines is 1. The van der Waals surface area contributed by atoms with Gasteiger partial charge in [0.25, 0.3) is 5.56 Å². The van der Waals surface area contributed by atoms with Gasteiger partial charge < -0.3 is 10.5 Å². The van der Waals surface area contributed by atoms with Gasteiger partial charge in [-0.15, -0.1) is 0 Å². The Bertz CT molecular complexity index is 653. The largest absolute Gasteiger partial charge is 0.457 e. The number of nitrogens with two attached hydrogens (primary N) is 1. The van der Waals surface area contributed by atoms with Gasteiger partial charge in [0.2, 0.25) is 5.78 Å². The lowest BCUT2D eigenvalue weighted by Gasteiger charge is -2.08. The van der Waals surface area contributed by atoms with E-state index in [1.165, 1.54) is 7.05 Å². The highest BCUT2D eigenvalue weighted by atomic mass is 16.5. The van der Waals surface area contributed by atoms with Gasteiger partial charge in [-0.1, -0.05) is 0 Å². The lowest BCUT2D eigenvalue weighted by molar-refractivity contribution is -0.144. The molecule has 0 aromatic carbocycles. The highest BCUT2D eigenvalue weighted by Crippen LogP contribution is 2.30. The van der Waals surface area contributed by atoms with Crippen molar-refractivity contribution in [2.45, 2.75) is 12.8 Å². The summed E-state index contributed by atoms with van der Waals surface area (Å²) in [5, 5.41) is 0. The van der Waals surface area contributed by atoms with E-state index in [9.17, 15) is 19.2 Å². The summed E-state index contributed by atoms with van der Waals surface area (Å²) in [4.78, 5) is 47.8. The molecule has 102 valence electrons. The van der Waals surface area contributed by atoms with Gasteiger partial charge in [0, 0.05) is 7.05 Å². The van der Waals surface area contributed by atoms with Crippen LogP contribution in [0, 0.1) is 5.92 Å². The van der Waals surface area contributed by atoms with Crippen molar-refractivity contribution in [3.05, 3.63) is 26.4 Å². The van der Waals surface area contributed by atoms with Crippen LogP contribution in [-0.2, 0) is 16.6 Å². The molecule has 0 radical (unpaired) electrons. The number of carbonyl (C=O) groups excluding carboxylic acids is 2. The van der Waals surface area contributed by atoms with Crippen LogP contribution in [0.4, 0.5) is 5.82 Å². The molecule has 0 bridgehead atoms. The maximum atomic E-state index is 11.8. The SMILES string of the molecule is Cn1c(N)c(C(=O)COC(=O)C2CC2)c(=O)[nH]c1=O. The van der Waals surface area contributed by atoms with Crippen LogP contribution in [0.3, 0.4) is 0 Å². The van der Waals surface area contributed by atoms with E-state index in [1.807, 2.05) is 4.98 Å². The quantitative estimate of drug-likeness (QED) is 0.521. The summed E-state index contributed by atoms with van der Waals surface area (Å²) in [6.45, 7) is -0.555. The second kappa shape index (κ2) is 4.71. The molecule has 0 unspecified atom stereocenters. The van der Waals surface area contributed by atoms with Gasteiger partial charge in [0.15, 0.2) is 6.61 Å². The second-order valence-electron chi connectivity index (χ2n) is 4.38. The molecular weight excluding hydrogens is 254 g/mol. The van der Waals surface area contributed by atoms with E-state index in [4.69, 9.17) is 10.5 Å². The molecule has 1 aromatic rings. The number of anilines is 1. The molecule has 19 heavy (non-hydrogen) atoms. The number of nitrogens with zero attached hydrogens (tertiary/aromatic N) is 1. The number of rotatable bonds is 4. The van der Waals surface area contributed by atoms with Gasteiger partial charge in [-0.2, -0.15) is 0 Å². The number of ether oxygens (including phenoxy) is 1. The minimum atomic E-state index is -0.881. The summed E-state index contributed by atoms with van der Waals surface area (Å²) in [7, 11) is 1.32. The van der Waals surface area contributed by atoms with Crippen molar-refractivity contribution in [1.82, 2.24) is 9.55 Å². The Morgan fingerprint density at radius 3 is 2.63 bits per heavy atom. The van der Waals surface area contributed by atoms with Gasteiger partial charge in [0.1, 0.15) is 11.4 Å². The van der Waals surface area contributed by atoms with Crippen molar-refractivity contribution in [3.8, 4) is 0 Å². The van der Waals surface area contributed by atoms with E-state index in [-0.39, 0.29) is 17.3 Å². The van der Waals surface area contributed by atoms with Gasteiger partial charge in [-0.3, -0.25) is 23.9 Å². The highest BCUT2D eigenvalue weighted by molar-refractivity contribution is 6.01. The molecule has 0 atom stereocenters. The fourth-order valence-corrected chi connectivity index (χ4v) is 1.55. The molecule has 3 N–H and O–H groups in total. The summed E-state index contributed by atoms with van der Waals surface area (Å²) in [6.07, 6.45) is 1.52. The number of esters is 1. The molecule has 8 nitrogen and oxygen atoms in total. The van der Waals surface area contributed by atoms with Crippen molar-refractivity contribution in [3.63, 3.8) is 0 Å². The number of nitrogens with one attached hydrogen (secondary N) is 1. The predicted molar refractivity (Wildman–Crippen MR) is 64.7 cm³/mol. The summed E-state index contributed by atoms with van der Waals surface area (Å²) in [6, 6.07) is 0. The number of hydrogen-bond donors (Lipinski definition) is 2. The van der Waals surface area contributed by atoms with Crippen LogP contribution in [0.25, 0.3) is 0 Å². The molecule has 0 amide bonds. The molecule has 1 fully saturated rings. The smallest absolute Gasteiger partial charge is 0.329 e. The summed E-state index contributed by atoms with van der Waals surface area (Å²) in [5.74, 6) is -1.57. The Kier molecular flexibility index (Phi) is 3.24. The number of Topliss-reactive ketones (excluding diaryl/α,β-unsaturated/α-hetero) is 1. The molecule has 1 aliphatic rings. The van der Waals surface area contributed by atoms with Crippen LogP contribution < -0.4 is 17.0 Å². The van der Waals surface area contributed by atoms with Crippen LogP contribution in [0.5, 0.6) is 0 Å². The molecular formula is C11H13N3O5. The molecule has 0 spiro atoms. The fourth-order valence-electron chi connectivity index (χ4n) is 1.55. The maximum absolute atomic E-state index is 11.8. The zero-order valence-electron chi connectivity index (χ0n) is 10.3. The Hall–Kier alpha value is -2.38. The van der Waals surface area contributed by atoms with E-state index in [2.05, 4.69) is 0 Å². The van der Waals surface area contributed by atoms with E-state index >= 15 is 0 Å². The van der Waals surface area contributed by atoms with E-state index in [0.29, 0.717) is 0 Å². The number of aromatic nitrogens is 2. The zero-order valence-corrected chi connectivity index (χ0v) is 10.3. The zero-order chi connectivity index (χ0) is 14.2. The summed E-state index contributed by atoms with van der Waals surface area (Å²) in [5.41, 5.74) is 3.58.